The van der Waals surface area contributed by atoms with Crippen LogP contribution in [0.1, 0.15) is 36.2 Å². The van der Waals surface area contributed by atoms with E-state index in [0.717, 1.165) is 32.4 Å². The Hall–Kier alpha value is -1.62. The molecule has 1 aromatic heterocycles. The second kappa shape index (κ2) is 5.17. The van der Waals surface area contributed by atoms with Crippen molar-refractivity contribution < 1.29 is 9.90 Å². The molecule has 3 heterocycles. The van der Waals surface area contributed by atoms with E-state index in [1.807, 2.05) is 4.90 Å². The lowest BCUT2D eigenvalue weighted by Crippen LogP contribution is -2.46. The molecule has 2 fully saturated rings. The Bertz CT molecular complexity index is 472. The van der Waals surface area contributed by atoms with E-state index in [4.69, 9.17) is 0 Å². The number of rotatable bonds is 2. The highest BCUT2D eigenvalue weighted by atomic mass is 16.3. The molecule has 5 nitrogen and oxygen atoms in total. The molecule has 102 valence electrons. The Kier molecular flexibility index (Phi) is 3.38. The van der Waals surface area contributed by atoms with Crippen LogP contribution < -0.4 is 5.32 Å². The number of aromatic nitrogens is 1. The van der Waals surface area contributed by atoms with Gasteiger partial charge < -0.3 is 15.3 Å². The Balaban J connectivity index is 1.80. The molecule has 0 bridgehead atoms. The van der Waals surface area contributed by atoms with Crippen LogP contribution in [0.3, 0.4) is 0 Å². The summed E-state index contributed by atoms with van der Waals surface area (Å²) >= 11 is 0. The molecule has 0 saturated carbocycles. The zero-order valence-corrected chi connectivity index (χ0v) is 10.9. The van der Waals surface area contributed by atoms with Crippen LogP contribution in [0, 0.1) is 0 Å². The first-order chi connectivity index (χ1) is 9.27. The van der Waals surface area contributed by atoms with E-state index in [-0.39, 0.29) is 23.4 Å². The molecule has 0 aromatic carbocycles. The number of carbonyl (C=O) groups is 1. The largest absolute Gasteiger partial charge is 0.505 e. The summed E-state index contributed by atoms with van der Waals surface area (Å²) in [6.07, 6.45) is 5.92. The minimum Gasteiger partial charge on any atom is -0.505 e. The third-order valence-electron chi connectivity index (χ3n) is 4.11. The fourth-order valence-electron chi connectivity index (χ4n) is 3.20. The van der Waals surface area contributed by atoms with Crippen molar-refractivity contribution in [3.05, 3.63) is 24.0 Å². The van der Waals surface area contributed by atoms with Crippen molar-refractivity contribution in [1.29, 1.82) is 0 Å². The van der Waals surface area contributed by atoms with Gasteiger partial charge in [-0.1, -0.05) is 0 Å². The van der Waals surface area contributed by atoms with Gasteiger partial charge in [0.25, 0.3) is 5.91 Å². The minimum atomic E-state index is -0.144. The number of nitrogens with zero attached hydrogens (tertiary/aromatic N) is 2. The lowest BCUT2D eigenvalue weighted by Gasteiger charge is -2.29. The molecule has 2 atom stereocenters. The smallest absolute Gasteiger partial charge is 0.276 e. The lowest BCUT2D eigenvalue weighted by molar-refractivity contribution is 0.0702. The summed E-state index contributed by atoms with van der Waals surface area (Å²) in [5.41, 5.74) is 0.174. The summed E-state index contributed by atoms with van der Waals surface area (Å²) in [7, 11) is 0. The molecule has 2 unspecified atom stereocenters. The van der Waals surface area contributed by atoms with Crippen LogP contribution in [0.5, 0.6) is 5.75 Å². The zero-order chi connectivity index (χ0) is 13.2. The maximum Gasteiger partial charge on any atom is 0.276 e. The van der Waals surface area contributed by atoms with Crippen molar-refractivity contribution in [1.82, 2.24) is 15.2 Å². The van der Waals surface area contributed by atoms with Crippen LogP contribution in [0.25, 0.3) is 0 Å². The molecular weight excluding hydrogens is 242 g/mol. The number of carbonyl (C=O) groups excluding carboxylic acids is 1. The van der Waals surface area contributed by atoms with E-state index in [1.165, 1.54) is 12.5 Å². The van der Waals surface area contributed by atoms with Crippen LogP contribution in [0.4, 0.5) is 0 Å². The van der Waals surface area contributed by atoms with Crippen LogP contribution in [0.15, 0.2) is 18.3 Å². The highest BCUT2D eigenvalue weighted by Crippen LogP contribution is 2.27. The Labute approximate surface area is 112 Å². The highest BCUT2D eigenvalue weighted by Gasteiger charge is 2.37. The number of hydrogen-bond donors (Lipinski definition) is 2. The van der Waals surface area contributed by atoms with Gasteiger partial charge in [0, 0.05) is 24.8 Å². The fourth-order valence-corrected chi connectivity index (χ4v) is 3.20. The second-order valence-electron chi connectivity index (χ2n) is 5.28. The number of hydrogen-bond acceptors (Lipinski definition) is 4. The molecule has 2 aliphatic rings. The molecule has 19 heavy (non-hydrogen) atoms. The average molecular weight is 261 g/mol. The van der Waals surface area contributed by atoms with Crippen molar-refractivity contribution in [2.75, 3.05) is 13.1 Å². The van der Waals surface area contributed by atoms with Gasteiger partial charge in [-0.3, -0.25) is 4.79 Å². The molecule has 5 heteroatoms. The Morgan fingerprint density at radius 1 is 1.42 bits per heavy atom. The minimum absolute atomic E-state index is 0.0301. The molecule has 1 aromatic rings. The Morgan fingerprint density at radius 3 is 3.05 bits per heavy atom. The molecule has 2 aliphatic heterocycles. The van der Waals surface area contributed by atoms with Gasteiger partial charge in [-0.25, -0.2) is 4.98 Å². The normalized spacial score (nSPS) is 26.8. The molecule has 3 rings (SSSR count). The van der Waals surface area contributed by atoms with Gasteiger partial charge in [0.2, 0.25) is 0 Å². The molecule has 2 N–H and O–H groups in total. The van der Waals surface area contributed by atoms with Crippen molar-refractivity contribution in [2.24, 2.45) is 0 Å². The van der Waals surface area contributed by atoms with Gasteiger partial charge in [-0.15, -0.1) is 0 Å². The van der Waals surface area contributed by atoms with Crippen molar-refractivity contribution in [3.8, 4) is 5.75 Å². The summed E-state index contributed by atoms with van der Waals surface area (Å²) in [5.74, 6) is -0.174. The van der Waals surface area contributed by atoms with Gasteiger partial charge in [-0.05, 0) is 44.4 Å². The third kappa shape index (κ3) is 2.30. The lowest BCUT2D eigenvalue weighted by atomic mass is 10.0. The van der Waals surface area contributed by atoms with Crippen molar-refractivity contribution in [3.63, 3.8) is 0 Å². The van der Waals surface area contributed by atoms with Crippen LogP contribution in [-0.4, -0.2) is 46.1 Å². The van der Waals surface area contributed by atoms with Crippen molar-refractivity contribution in [2.45, 2.75) is 37.8 Å². The predicted octanol–water partition coefficient (Wildman–Crippen LogP) is 1.14. The predicted molar refractivity (Wildman–Crippen MR) is 71.0 cm³/mol. The average Bonchev–Trinajstić information content (AvgIpc) is 3.09. The van der Waals surface area contributed by atoms with E-state index in [1.54, 1.807) is 12.3 Å². The maximum absolute atomic E-state index is 12.5. The molecule has 0 spiro atoms. The summed E-state index contributed by atoms with van der Waals surface area (Å²) in [4.78, 5) is 18.4. The molecule has 0 radical (unpaired) electrons. The molecular formula is C14H19N3O2. The SMILES string of the molecule is O=C(c1ncccc1O)N1CCCC1C1CCCN1. The summed E-state index contributed by atoms with van der Waals surface area (Å²) in [6, 6.07) is 3.79. The Morgan fingerprint density at radius 2 is 2.32 bits per heavy atom. The summed E-state index contributed by atoms with van der Waals surface area (Å²) in [5, 5.41) is 13.2. The number of aromatic hydroxyl groups is 1. The number of likely N-dealkylation sites (tertiary alicyclic amines) is 1. The van der Waals surface area contributed by atoms with E-state index < -0.39 is 0 Å². The quantitative estimate of drug-likeness (QED) is 0.838. The van der Waals surface area contributed by atoms with Crippen LogP contribution >= 0.6 is 0 Å². The monoisotopic (exact) mass is 261 g/mol. The van der Waals surface area contributed by atoms with Gasteiger partial charge in [0.05, 0.1) is 0 Å². The summed E-state index contributed by atoms with van der Waals surface area (Å²) in [6.45, 7) is 1.80. The standard InChI is InChI=1S/C14H19N3O2/c18-12-6-2-8-16-13(12)14(19)17-9-3-5-11(17)10-4-1-7-15-10/h2,6,8,10-11,15,18H,1,3-5,7,9H2. The first-order valence-corrected chi connectivity index (χ1v) is 6.95. The maximum atomic E-state index is 12.5. The van der Waals surface area contributed by atoms with Crippen LogP contribution in [0.2, 0.25) is 0 Å². The number of pyridine rings is 1. The van der Waals surface area contributed by atoms with Gasteiger partial charge in [0.1, 0.15) is 5.75 Å². The molecule has 1 amide bonds. The van der Waals surface area contributed by atoms with Gasteiger partial charge >= 0.3 is 0 Å². The van der Waals surface area contributed by atoms with E-state index in [0.29, 0.717) is 6.04 Å². The summed E-state index contributed by atoms with van der Waals surface area (Å²) < 4.78 is 0. The fraction of sp³-hybridized carbons (Fsp3) is 0.571. The second-order valence-corrected chi connectivity index (χ2v) is 5.28. The van der Waals surface area contributed by atoms with E-state index in [2.05, 4.69) is 10.3 Å². The molecule has 0 aliphatic carbocycles. The zero-order valence-electron chi connectivity index (χ0n) is 10.9. The first kappa shape index (κ1) is 12.4. The van der Waals surface area contributed by atoms with Crippen molar-refractivity contribution >= 4 is 5.91 Å². The molecule has 2 saturated heterocycles. The van der Waals surface area contributed by atoms with E-state index in [9.17, 15) is 9.90 Å². The van der Waals surface area contributed by atoms with Gasteiger partial charge in [0.15, 0.2) is 5.69 Å². The third-order valence-corrected chi connectivity index (χ3v) is 4.11. The van der Waals surface area contributed by atoms with Crippen LogP contribution in [-0.2, 0) is 0 Å². The topological polar surface area (TPSA) is 65.5 Å². The number of amides is 1. The first-order valence-electron chi connectivity index (χ1n) is 6.95. The van der Waals surface area contributed by atoms with Gasteiger partial charge in [-0.2, -0.15) is 0 Å². The highest BCUT2D eigenvalue weighted by molar-refractivity contribution is 5.95. The van der Waals surface area contributed by atoms with E-state index >= 15 is 0 Å². The number of nitrogens with one attached hydrogen (secondary N) is 1.